The first-order valence-electron chi connectivity index (χ1n) is 7.79. The van der Waals surface area contributed by atoms with E-state index in [4.69, 9.17) is 4.74 Å². The molecule has 0 saturated carbocycles. The van der Waals surface area contributed by atoms with E-state index in [-0.39, 0.29) is 17.7 Å². The van der Waals surface area contributed by atoms with Gasteiger partial charge >= 0.3 is 0 Å². The van der Waals surface area contributed by atoms with Gasteiger partial charge < -0.3 is 9.72 Å². The van der Waals surface area contributed by atoms with Crippen molar-refractivity contribution in [2.75, 3.05) is 0 Å². The van der Waals surface area contributed by atoms with Crippen molar-refractivity contribution in [2.24, 2.45) is 0 Å². The number of halogens is 2. The maximum absolute atomic E-state index is 13.7. The van der Waals surface area contributed by atoms with Gasteiger partial charge in [0.1, 0.15) is 35.6 Å². The van der Waals surface area contributed by atoms with E-state index < -0.39 is 17.2 Å². The number of pyridine rings is 1. The number of nitriles is 1. The van der Waals surface area contributed by atoms with Gasteiger partial charge in [-0.2, -0.15) is 5.26 Å². The number of ether oxygens (including phenoxy) is 1. The van der Waals surface area contributed by atoms with Gasteiger partial charge in [-0.05, 0) is 48.9 Å². The van der Waals surface area contributed by atoms with E-state index in [0.29, 0.717) is 22.6 Å². The number of hydrogen-bond acceptors (Lipinski definition) is 3. The topological polar surface area (TPSA) is 65.9 Å². The van der Waals surface area contributed by atoms with Crippen LogP contribution in [-0.2, 0) is 6.61 Å². The number of nitrogens with zero attached hydrogens (tertiary/aromatic N) is 1. The van der Waals surface area contributed by atoms with Crippen molar-refractivity contribution in [1.82, 2.24) is 4.98 Å². The van der Waals surface area contributed by atoms with Gasteiger partial charge in [-0.25, -0.2) is 8.78 Å². The van der Waals surface area contributed by atoms with Crippen LogP contribution >= 0.6 is 0 Å². The molecule has 4 nitrogen and oxygen atoms in total. The third kappa shape index (κ3) is 3.62. The Kier molecular flexibility index (Phi) is 4.81. The van der Waals surface area contributed by atoms with Crippen molar-refractivity contribution in [3.05, 3.63) is 87.3 Å². The van der Waals surface area contributed by atoms with E-state index in [1.807, 2.05) is 6.07 Å². The Balaban J connectivity index is 1.91. The van der Waals surface area contributed by atoms with Crippen molar-refractivity contribution < 1.29 is 13.5 Å². The van der Waals surface area contributed by atoms with Gasteiger partial charge in [-0.3, -0.25) is 4.79 Å². The highest BCUT2D eigenvalue weighted by Gasteiger charge is 2.11. The van der Waals surface area contributed by atoms with E-state index in [9.17, 15) is 18.8 Å². The Morgan fingerprint density at radius 3 is 2.73 bits per heavy atom. The molecule has 0 atom stereocenters. The van der Waals surface area contributed by atoms with Gasteiger partial charge in [0.25, 0.3) is 5.56 Å². The first-order valence-corrected chi connectivity index (χ1v) is 7.79. The molecule has 1 N–H and O–H groups in total. The van der Waals surface area contributed by atoms with Crippen LogP contribution in [0, 0.1) is 29.9 Å². The number of aromatic amines is 1. The second kappa shape index (κ2) is 7.19. The Labute approximate surface area is 148 Å². The average molecular weight is 352 g/mol. The molecule has 2 aromatic carbocycles. The quantitative estimate of drug-likeness (QED) is 0.769. The standard InChI is InChI=1S/C20H14F2N2O2/c1-12-7-17(18(10-23)20(25)24-12)13-3-2-4-16(9-13)26-11-14-8-15(21)5-6-19(14)22/h2-9H,11H2,1H3,(H,24,25). The summed E-state index contributed by atoms with van der Waals surface area (Å²) >= 11 is 0. The zero-order chi connectivity index (χ0) is 18.7. The fourth-order valence-electron chi connectivity index (χ4n) is 2.60. The molecule has 26 heavy (non-hydrogen) atoms. The number of nitrogens with one attached hydrogen (secondary N) is 1. The molecule has 130 valence electrons. The smallest absolute Gasteiger partial charge is 0.266 e. The lowest BCUT2D eigenvalue weighted by Gasteiger charge is -2.10. The zero-order valence-corrected chi connectivity index (χ0v) is 13.8. The molecular formula is C20H14F2N2O2. The van der Waals surface area contributed by atoms with Crippen LogP contribution in [0.25, 0.3) is 11.1 Å². The van der Waals surface area contributed by atoms with E-state index in [0.717, 1.165) is 18.2 Å². The average Bonchev–Trinajstić information content (AvgIpc) is 2.62. The minimum Gasteiger partial charge on any atom is -0.489 e. The van der Waals surface area contributed by atoms with Gasteiger partial charge in [-0.15, -0.1) is 0 Å². The van der Waals surface area contributed by atoms with Crippen molar-refractivity contribution in [3.63, 3.8) is 0 Å². The number of hydrogen-bond donors (Lipinski definition) is 1. The van der Waals surface area contributed by atoms with Gasteiger partial charge in [0.05, 0.1) is 0 Å². The Morgan fingerprint density at radius 1 is 1.15 bits per heavy atom. The van der Waals surface area contributed by atoms with Crippen LogP contribution in [0.1, 0.15) is 16.8 Å². The molecule has 3 rings (SSSR count). The van der Waals surface area contributed by atoms with Gasteiger partial charge in [0.15, 0.2) is 0 Å². The lowest BCUT2D eigenvalue weighted by molar-refractivity contribution is 0.299. The molecule has 0 aliphatic carbocycles. The third-order valence-electron chi connectivity index (χ3n) is 3.83. The van der Waals surface area contributed by atoms with E-state index in [1.165, 1.54) is 0 Å². The third-order valence-corrected chi connectivity index (χ3v) is 3.83. The number of rotatable bonds is 4. The molecule has 0 amide bonds. The van der Waals surface area contributed by atoms with Crippen LogP contribution in [-0.4, -0.2) is 4.98 Å². The van der Waals surface area contributed by atoms with Crippen LogP contribution in [0.2, 0.25) is 0 Å². The summed E-state index contributed by atoms with van der Waals surface area (Å²) in [5, 5.41) is 9.25. The summed E-state index contributed by atoms with van der Waals surface area (Å²) in [6.07, 6.45) is 0. The minimum atomic E-state index is -0.556. The van der Waals surface area contributed by atoms with E-state index in [2.05, 4.69) is 4.98 Å². The Bertz CT molecular complexity index is 1070. The van der Waals surface area contributed by atoms with Crippen molar-refractivity contribution in [3.8, 4) is 22.9 Å². The minimum absolute atomic E-state index is 0.00363. The molecule has 0 aliphatic heterocycles. The van der Waals surface area contributed by atoms with Gasteiger partial charge in [-0.1, -0.05) is 12.1 Å². The summed E-state index contributed by atoms with van der Waals surface area (Å²) < 4.78 is 32.5. The first-order chi connectivity index (χ1) is 12.5. The molecular weight excluding hydrogens is 338 g/mol. The summed E-state index contributed by atoms with van der Waals surface area (Å²) in [5.74, 6) is -0.691. The van der Waals surface area contributed by atoms with Crippen molar-refractivity contribution >= 4 is 0 Å². The second-order valence-electron chi connectivity index (χ2n) is 5.73. The van der Waals surface area contributed by atoms with Crippen LogP contribution in [0.5, 0.6) is 5.75 Å². The van der Waals surface area contributed by atoms with E-state index in [1.54, 1.807) is 37.3 Å². The lowest BCUT2D eigenvalue weighted by atomic mass is 10.0. The SMILES string of the molecule is Cc1cc(-c2cccc(OCc3cc(F)ccc3F)c2)c(C#N)c(=O)[nH]1. The number of aromatic nitrogens is 1. The number of benzene rings is 2. The highest BCUT2D eigenvalue weighted by molar-refractivity contribution is 5.71. The Morgan fingerprint density at radius 2 is 1.96 bits per heavy atom. The fourth-order valence-corrected chi connectivity index (χ4v) is 2.60. The molecule has 1 heterocycles. The summed E-state index contributed by atoms with van der Waals surface area (Å²) in [6, 6.07) is 13.5. The predicted molar refractivity (Wildman–Crippen MR) is 92.6 cm³/mol. The molecule has 0 aliphatic rings. The maximum Gasteiger partial charge on any atom is 0.266 e. The van der Waals surface area contributed by atoms with Crippen molar-refractivity contribution in [2.45, 2.75) is 13.5 Å². The van der Waals surface area contributed by atoms with E-state index >= 15 is 0 Å². The van der Waals surface area contributed by atoms with Crippen LogP contribution in [0.3, 0.4) is 0 Å². The summed E-state index contributed by atoms with van der Waals surface area (Å²) in [5.41, 5.74) is 1.36. The number of H-pyrrole nitrogens is 1. The molecule has 3 aromatic rings. The largest absolute Gasteiger partial charge is 0.489 e. The number of aryl methyl sites for hydroxylation is 1. The molecule has 0 radical (unpaired) electrons. The van der Waals surface area contributed by atoms with Crippen LogP contribution in [0.15, 0.2) is 53.3 Å². The molecule has 0 fully saturated rings. The van der Waals surface area contributed by atoms with Gasteiger partial charge in [0, 0.05) is 16.8 Å². The monoisotopic (exact) mass is 352 g/mol. The van der Waals surface area contributed by atoms with Crippen molar-refractivity contribution in [1.29, 1.82) is 5.26 Å². The predicted octanol–water partition coefficient (Wildman–Crippen LogP) is 4.08. The van der Waals surface area contributed by atoms with Gasteiger partial charge in [0.2, 0.25) is 0 Å². The molecule has 0 unspecified atom stereocenters. The summed E-state index contributed by atoms with van der Waals surface area (Å²) in [4.78, 5) is 14.5. The van der Waals surface area contributed by atoms with Crippen LogP contribution in [0.4, 0.5) is 8.78 Å². The Hall–Kier alpha value is -3.46. The highest BCUT2D eigenvalue weighted by Crippen LogP contribution is 2.26. The summed E-state index contributed by atoms with van der Waals surface area (Å²) in [6.45, 7) is 1.58. The lowest BCUT2D eigenvalue weighted by Crippen LogP contribution is -2.12. The second-order valence-corrected chi connectivity index (χ2v) is 5.73. The highest BCUT2D eigenvalue weighted by atomic mass is 19.1. The van der Waals surface area contributed by atoms with Crippen LogP contribution < -0.4 is 10.3 Å². The zero-order valence-electron chi connectivity index (χ0n) is 13.8. The fraction of sp³-hybridized carbons (Fsp3) is 0.100. The molecule has 6 heteroatoms. The molecule has 1 aromatic heterocycles. The maximum atomic E-state index is 13.7. The molecule has 0 spiro atoms. The molecule has 0 saturated heterocycles. The summed E-state index contributed by atoms with van der Waals surface area (Å²) in [7, 11) is 0. The normalized spacial score (nSPS) is 10.4. The first kappa shape index (κ1) is 17.4. The molecule has 0 bridgehead atoms.